The number of pyridine rings is 1. The number of nitrogens with zero attached hydrogens (tertiary/aromatic N) is 2. The molecule has 2 heterocycles. The third-order valence-electron chi connectivity index (χ3n) is 6.78. The molecular formula is C29H27N3O4. The van der Waals surface area contributed by atoms with Crippen molar-refractivity contribution >= 4 is 34.3 Å². The predicted molar refractivity (Wildman–Crippen MR) is 140 cm³/mol. The summed E-state index contributed by atoms with van der Waals surface area (Å²) in [6.07, 6.45) is 0.987. The standard InChI is InChI=1S/C29H27N3O4/c1-18-7-3-4-8-21(18)19-13-14-32(17-19)27-16-24(29(34)35)23-15-20(11-12-25(23)31-27)30-28(33)22-9-5-6-10-26(22)36-2/h3-12,15-16,19H,13-14,17H2,1-2H3,(H,30,33)(H,34,35)/t19-/m0/s1. The number of aryl methyl sites for hydroxylation is 1. The average Bonchev–Trinajstić information content (AvgIpc) is 3.38. The van der Waals surface area contributed by atoms with E-state index in [4.69, 9.17) is 9.72 Å². The number of para-hydroxylation sites is 1. The molecule has 0 saturated carbocycles. The number of benzene rings is 3. The molecule has 7 nitrogen and oxygen atoms in total. The lowest BCUT2D eigenvalue weighted by atomic mass is 9.94. The third kappa shape index (κ3) is 4.47. The zero-order valence-electron chi connectivity index (χ0n) is 20.2. The highest BCUT2D eigenvalue weighted by atomic mass is 16.5. The number of carbonyl (C=O) groups excluding carboxylic acids is 1. The van der Waals surface area contributed by atoms with Crippen molar-refractivity contribution in [3.63, 3.8) is 0 Å². The Morgan fingerprint density at radius 1 is 1.03 bits per heavy atom. The third-order valence-corrected chi connectivity index (χ3v) is 6.78. The molecule has 1 fully saturated rings. The molecule has 1 aliphatic heterocycles. The maximum Gasteiger partial charge on any atom is 0.336 e. The van der Waals surface area contributed by atoms with Crippen molar-refractivity contribution in [1.82, 2.24) is 4.98 Å². The lowest BCUT2D eigenvalue weighted by Crippen LogP contribution is -2.21. The van der Waals surface area contributed by atoms with E-state index in [2.05, 4.69) is 35.3 Å². The quantitative estimate of drug-likeness (QED) is 0.378. The summed E-state index contributed by atoms with van der Waals surface area (Å²) in [7, 11) is 1.51. The molecule has 0 spiro atoms. The van der Waals surface area contributed by atoms with Gasteiger partial charge in [0, 0.05) is 30.1 Å². The Morgan fingerprint density at radius 3 is 2.58 bits per heavy atom. The number of anilines is 2. The van der Waals surface area contributed by atoms with E-state index < -0.39 is 5.97 Å². The monoisotopic (exact) mass is 481 g/mol. The number of methoxy groups -OCH3 is 1. The van der Waals surface area contributed by atoms with Gasteiger partial charge in [-0.2, -0.15) is 0 Å². The van der Waals surface area contributed by atoms with Gasteiger partial charge in [-0.05, 0) is 60.9 Å². The summed E-state index contributed by atoms with van der Waals surface area (Å²) in [5.74, 6) is 0.119. The Balaban J connectivity index is 1.43. The molecular weight excluding hydrogens is 454 g/mol. The maximum atomic E-state index is 12.8. The van der Waals surface area contributed by atoms with E-state index in [9.17, 15) is 14.7 Å². The van der Waals surface area contributed by atoms with Crippen LogP contribution in [0, 0.1) is 6.92 Å². The van der Waals surface area contributed by atoms with Crippen LogP contribution in [-0.4, -0.2) is 42.2 Å². The number of carboxylic acid groups (broad SMARTS) is 1. The van der Waals surface area contributed by atoms with Crippen LogP contribution in [0.15, 0.2) is 72.8 Å². The van der Waals surface area contributed by atoms with Crippen molar-refractivity contribution < 1.29 is 19.4 Å². The number of rotatable bonds is 6. The fraction of sp³-hybridized carbons (Fsp3) is 0.207. The molecule has 0 bridgehead atoms. The number of aromatic carboxylic acids is 1. The Labute approximate surface area is 209 Å². The van der Waals surface area contributed by atoms with E-state index in [1.807, 2.05) is 6.07 Å². The number of fused-ring (bicyclic) bond motifs is 1. The predicted octanol–water partition coefficient (Wildman–Crippen LogP) is 5.50. The number of hydrogen-bond acceptors (Lipinski definition) is 5. The summed E-state index contributed by atoms with van der Waals surface area (Å²) < 4.78 is 5.28. The lowest BCUT2D eigenvalue weighted by molar-refractivity contribution is 0.0698. The van der Waals surface area contributed by atoms with E-state index in [1.165, 1.54) is 18.2 Å². The number of aromatic nitrogens is 1. The highest BCUT2D eigenvalue weighted by Crippen LogP contribution is 2.34. The Kier molecular flexibility index (Phi) is 6.29. The summed E-state index contributed by atoms with van der Waals surface area (Å²) >= 11 is 0. The minimum absolute atomic E-state index is 0.155. The van der Waals surface area contributed by atoms with E-state index in [-0.39, 0.29) is 11.5 Å². The van der Waals surface area contributed by atoms with Crippen molar-refractivity contribution in [3.8, 4) is 5.75 Å². The molecule has 1 amide bonds. The van der Waals surface area contributed by atoms with Gasteiger partial charge < -0.3 is 20.1 Å². The first-order valence-corrected chi connectivity index (χ1v) is 11.9. The Morgan fingerprint density at radius 2 is 1.81 bits per heavy atom. The van der Waals surface area contributed by atoms with E-state index in [1.54, 1.807) is 48.5 Å². The largest absolute Gasteiger partial charge is 0.496 e. The van der Waals surface area contributed by atoms with Crippen molar-refractivity contribution in [2.24, 2.45) is 0 Å². The molecule has 7 heteroatoms. The molecule has 0 radical (unpaired) electrons. The number of ether oxygens (including phenoxy) is 1. The summed E-state index contributed by atoms with van der Waals surface area (Å²) in [4.78, 5) is 32.0. The number of amides is 1. The molecule has 5 rings (SSSR count). The summed E-state index contributed by atoms with van der Waals surface area (Å²) in [6, 6.07) is 22.1. The molecule has 4 aromatic rings. The van der Waals surface area contributed by atoms with Gasteiger partial charge in [0.1, 0.15) is 11.6 Å². The van der Waals surface area contributed by atoms with Gasteiger partial charge in [-0.3, -0.25) is 4.79 Å². The van der Waals surface area contributed by atoms with Gasteiger partial charge in [0.05, 0.1) is 23.8 Å². The van der Waals surface area contributed by atoms with Gasteiger partial charge in [-0.1, -0.05) is 36.4 Å². The van der Waals surface area contributed by atoms with Gasteiger partial charge in [0.15, 0.2) is 0 Å². The number of carbonyl (C=O) groups is 2. The molecule has 0 aliphatic carbocycles. The highest BCUT2D eigenvalue weighted by Gasteiger charge is 2.27. The fourth-order valence-corrected chi connectivity index (χ4v) is 4.93. The SMILES string of the molecule is COc1ccccc1C(=O)Nc1ccc2nc(N3CC[C@H](c4ccccc4C)C3)cc(C(=O)O)c2c1. The van der Waals surface area contributed by atoms with Crippen LogP contribution in [-0.2, 0) is 0 Å². The Hall–Kier alpha value is -4.39. The first-order chi connectivity index (χ1) is 17.4. The van der Waals surface area contributed by atoms with Crippen LogP contribution in [0.2, 0.25) is 0 Å². The van der Waals surface area contributed by atoms with Gasteiger partial charge in [0.25, 0.3) is 5.91 Å². The van der Waals surface area contributed by atoms with Crippen LogP contribution in [0.5, 0.6) is 5.75 Å². The smallest absolute Gasteiger partial charge is 0.336 e. The number of hydrogen-bond donors (Lipinski definition) is 2. The highest BCUT2D eigenvalue weighted by molar-refractivity contribution is 6.09. The molecule has 1 atom stereocenters. The molecule has 3 aromatic carbocycles. The zero-order chi connectivity index (χ0) is 25.2. The Bertz CT molecular complexity index is 1470. The zero-order valence-corrected chi connectivity index (χ0v) is 20.2. The molecule has 0 unspecified atom stereocenters. The van der Waals surface area contributed by atoms with E-state index >= 15 is 0 Å². The van der Waals surface area contributed by atoms with Crippen molar-refractivity contribution in [2.45, 2.75) is 19.3 Å². The minimum Gasteiger partial charge on any atom is -0.496 e. The summed E-state index contributed by atoms with van der Waals surface area (Å²) in [5.41, 5.74) is 4.20. The number of nitrogens with one attached hydrogen (secondary N) is 1. The molecule has 1 saturated heterocycles. The van der Waals surface area contributed by atoms with Gasteiger partial charge >= 0.3 is 5.97 Å². The molecule has 1 aliphatic rings. The second kappa shape index (κ2) is 9.70. The molecule has 36 heavy (non-hydrogen) atoms. The molecule has 2 N–H and O–H groups in total. The molecule has 182 valence electrons. The topological polar surface area (TPSA) is 91.8 Å². The van der Waals surface area contributed by atoms with Crippen LogP contribution in [0.4, 0.5) is 11.5 Å². The van der Waals surface area contributed by atoms with Gasteiger partial charge in [-0.25, -0.2) is 9.78 Å². The van der Waals surface area contributed by atoms with Crippen molar-refractivity contribution in [1.29, 1.82) is 0 Å². The van der Waals surface area contributed by atoms with Crippen LogP contribution in [0.3, 0.4) is 0 Å². The second-order valence-electron chi connectivity index (χ2n) is 9.01. The van der Waals surface area contributed by atoms with Crippen LogP contribution >= 0.6 is 0 Å². The van der Waals surface area contributed by atoms with Crippen LogP contribution < -0.4 is 15.0 Å². The normalized spacial score (nSPS) is 15.2. The first-order valence-electron chi connectivity index (χ1n) is 11.9. The summed E-state index contributed by atoms with van der Waals surface area (Å²) in [5, 5.41) is 13.3. The fourth-order valence-electron chi connectivity index (χ4n) is 4.93. The van der Waals surface area contributed by atoms with Gasteiger partial charge in [0.2, 0.25) is 0 Å². The second-order valence-corrected chi connectivity index (χ2v) is 9.01. The van der Waals surface area contributed by atoms with E-state index in [0.717, 1.165) is 19.5 Å². The van der Waals surface area contributed by atoms with Crippen LogP contribution in [0.25, 0.3) is 10.9 Å². The lowest BCUT2D eigenvalue weighted by Gasteiger charge is -2.20. The van der Waals surface area contributed by atoms with Crippen LogP contribution in [0.1, 0.15) is 44.2 Å². The maximum absolute atomic E-state index is 12.8. The van der Waals surface area contributed by atoms with Gasteiger partial charge in [-0.15, -0.1) is 0 Å². The summed E-state index contributed by atoms with van der Waals surface area (Å²) in [6.45, 7) is 3.72. The number of carboxylic acids is 1. The van der Waals surface area contributed by atoms with E-state index in [0.29, 0.717) is 39.6 Å². The van der Waals surface area contributed by atoms with Crippen molar-refractivity contribution in [2.75, 3.05) is 30.4 Å². The van der Waals surface area contributed by atoms with Crippen molar-refractivity contribution in [3.05, 3.63) is 95.1 Å². The average molecular weight is 482 g/mol. The minimum atomic E-state index is -1.04. The first kappa shape index (κ1) is 23.4. The molecule has 1 aromatic heterocycles.